The van der Waals surface area contributed by atoms with Crippen LogP contribution < -0.4 is 10.6 Å². The predicted molar refractivity (Wildman–Crippen MR) is 76.9 cm³/mol. The highest BCUT2D eigenvalue weighted by Crippen LogP contribution is 2.12. The van der Waals surface area contributed by atoms with Crippen molar-refractivity contribution in [3.05, 3.63) is 35.4 Å². The summed E-state index contributed by atoms with van der Waals surface area (Å²) in [6, 6.07) is 8.75. The fourth-order valence-electron chi connectivity index (χ4n) is 1.69. The van der Waals surface area contributed by atoms with Crippen molar-refractivity contribution in [2.45, 2.75) is 38.8 Å². The van der Waals surface area contributed by atoms with Crippen molar-refractivity contribution in [3.8, 4) is 6.07 Å². The molecule has 0 aliphatic rings. The maximum atomic E-state index is 11.6. The third-order valence-corrected chi connectivity index (χ3v) is 3.43. The Labute approximate surface area is 119 Å². The van der Waals surface area contributed by atoms with Gasteiger partial charge in [0.2, 0.25) is 0 Å². The Balaban J connectivity index is 2.38. The molecular weight excluding hydrogens is 254 g/mol. The highest BCUT2D eigenvalue weighted by molar-refractivity contribution is 5.73. The van der Waals surface area contributed by atoms with Gasteiger partial charge in [-0.3, -0.25) is 0 Å². The molecule has 0 fully saturated rings. The maximum absolute atomic E-state index is 11.6. The number of rotatable bonds is 6. The summed E-state index contributed by atoms with van der Waals surface area (Å²) in [7, 11) is 0. The summed E-state index contributed by atoms with van der Waals surface area (Å²) >= 11 is 0. The van der Waals surface area contributed by atoms with Crippen molar-refractivity contribution in [2.75, 3.05) is 6.54 Å². The predicted octanol–water partition coefficient (Wildman–Crippen LogP) is 1.91. The standard InChI is InChI=1S/C15H21N3O2/c1-3-15(20,4-2)11-18-14(19)17-10-13-7-5-12(9-16)6-8-13/h5-8,20H,3-4,10-11H2,1-2H3,(H2,17,18,19). The van der Waals surface area contributed by atoms with E-state index in [1.165, 1.54) is 0 Å². The molecule has 1 aromatic carbocycles. The second-order valence-electron chi connectivity index (χ2n) is 4.78. The van der Waals surface area contributed by atoms with Gasteiger partial charge >= 0.3 is 6.03 Å². The Morgan fingerprint density at radius 3 is 2.35 bits per heavy atom. The van der Waals surface area contributed by atoms with E-state index >= 15 is 0 Å². The van der Waals surface area contributed by atoms with Gasteiger partial charge in [0.25, 0.3) is 0 Å². The van der Waals surface area contributed by atoms with Crippen LogP contribution in [0.1, 0.15) is 37.8 Å². The van der Waals surface area contributed by atoms with Crippen molar-refractivity contribution in [1.82, 2.24) is 10.6 Å². The van der Waals surface area contributed by atoms with Crippen LogP contribution in [0, 0.1) is 11.3 Å². The highest BCUT2D eigenvalue weighted by Gasteiger charge is 2.22. The molecule has 0 radical (unpaired) electrons. The summed E-state index contributed by atoms with van der Waals surface area (Å²) < 4.78 is 0. The van der Waals surface area contributed by atoms with Gasteiger partial charge in [0.1, 0.15) is 0 Å². The zero-order valence-corrected chi connectivity index (χ0v) is 11.9. The normalized spacial score (nSPS) is 10.7. The average Bonchev–Trinajstić information content (AvgIpc) is 2.51. The summed E-state index contributed by atoms with van der Waals surface area (Å²) in [6.45, 7) is 4.40. The molecule has 1 rings (SSSR count). The van der Waals surface area contributed by atoms with Crippen molar-refractivity contribution in [2.24, 2.45) is 0 Å². The number of carbonyl (C=O) groups is 1. The van der Waals surface area contributed by atoms with Gasteiger partial charge in [-0.25, -0.2) is 4.79 Å². The second kappa shape index (κ2) is 7.51. The van der Waals surface area contributed by atoms with Crippen LogP contribution in [0.2, 0.25) is 0 Å². The molecule has 5 nitrogen and oxygen atoms in total. The van der Waals surface area contributed by atoms with Gasteiger partial charge < -0.3 is 15.7 Å². The molecule has 1 aromatic rings. The van der Waals surface area contributed by atoms with E-state index in [0.717, 1.165) is 5.56 Å². The lowest BCUT2D eigenvalue weighted by Gasteiger charge is -2.25. The number of aliphatic hydroxyl groups is 1. The zero-order valence-electron chi connectivity index (χ0n) is 11.9. The van der Waals surface area contributed by atoms with E-state index in [1.54, 1.807) is 24.3 Å². The highest BCUT2D eigenvalue weighted by atomic mass is 16.3. The fraction of sp³-hybridized carbons (Fsp3) is 0.467. The number of carbonyl (C=O) groups excluding carboxylic acids is 1. The van der Waals surface area contributed by atoms with E-state index in [2.05, 4.69) is 10.6 Å². The van der Waals surface area contributed by atoms with Gasteiger partial charge in [0.15, 0.2) is 0 Å². The molecule has 0 aliphatic heterocycles. The number of hydrogen-bond acceptors (Lipinski definition) is 3. The molecule has 0 aliphatic carbocycles. The Kier molecular flexibility index (Phi) is 6.01. The molecule has 0 saturated carbocycles. The summed E-state index contributed by atoms with van der Waals surface area (Å²) in [4.78, 5) is 11.6. The molecule has 0 spiro atoms. The molecular formula is C15H21N3O2. The first-order valence-corrected chi connectivity index (χ1v) is 6.76. The van der Waals surface area contributed by atoms with E-state index < -0.39 is 5.60 Å². The SMILES string of the molecule is CCC(O)(CC)CNC(=O)NCc1ccc(C#N)cc1. The molecule has 20 heavy (non-hydrogen) atoms. The first kappa shape index (κ1) is 16.0. The number of urea groups is 1. The van der Waals surface area contributed by atoms with Crippen LogP contribution in [-0.2, 0) is 6.54 Å². The van der Waals surface area contributed by atoms with E-state index in [4.69, 9.17) is 5.26 Å². The van der Waals surface area contributed by atoms with Crippen LogP contribution in [0.15, 0.2) is 24.3 Å². The van der Waals surface area contributed by atoms with Gasteiger partial charge in [-0.05, 0) is 30.5 Å². The number of nitriles is 1. The molecule has 0 unspecified atom stereocenters. The van der Waals surface area contributed by atoms with Crippen LogP contribution in [0.3, 0.4) is 0 Å². The van der Waals surface area contributed by atoms with Crippen LogP contribution in [0.25, 0.3) is 0 Å². The third-order valence-electron chi connectivity index (χ3n) is 3.43. The summed E-state index contributed by atoms with van der Waals surface area (Å²) in [5.74, 6) is 0. The molecule has 0 saturated heterocycles. The van der Waals surface area contributed by atoms with Crippen molar-refractivity contribution in [1.29, 1.82) is 5.26 Å². The monoisotopic (exact) mass is 275 g/mol. The lowest BCUT2D eigenvalue weighted by molar-refractivity contribution is 0.0349. The van der Waals surface area contributed by atoms with Crippen molar-refractivity contribution >= 4 is 6.03 Å². The molecule has 0 aromatic heterocycles. The van der Waals surface area contributed by atoms with Crippen LogP contribution in [0.5, 0.6) is 0 Å². The van der Waals surface area contributed by atoms with Crippen LogP contribution >= 0.6 is 0 Å². The molecule has 0 bridgehead atoms. The Morgan fingerprint density at radius 1 is 1.25 bits per heavy atom. The molecule has 0 atom stereocenters. The van der Waals surface area contributed by atoms with Crippen molar-refractivity contribution < 1.29 is 9.90 Å². The minimum Gasteiger partial charge on any atom is -0.388 e. The Bertz CT molecular complexity index is 473. The quantitative estimate of drug-likeness (QED) is 0.741. The fourth-order valence-corrected chi connectivity index (χ4v) is 1.69. The van der Waals surface area contributed by atoms with E-state index in [0.29, 0.717) is 24.9 Å². The molecule has 5 heteroatoms. The number of nitrogens with one attached hydrogen (secondary N) is 2. The average molecular weight is 275 g/mol. The Morgan fingerprint density at radius 2 is 1.85 bits per heavy atom. The van der Waals surface area contributed by atoms with Gasteiger partial charge in [-0.1, -0.05) is 26.0 Å². The van der Waals surface area contributed by atoms with Crippen LogP contribution in [-0.4, -0.2) is 23.3 Å². The molecule has 108 valence electrons. The molecule has 2 amide bonds. The third kappa shape index (κ3) is 4.90. The summed E-state index contributed by atoms with van der Waals surface area (Å²) in [5.41, 5.74) is 0.667. The number of hydrogen-bond donors (Lipinski definition) is 3. The molecule has 3 N–H and O–H groups in total. The number of amides is 2. The minimum atomic E-state index is -0.841. The zero-order chi connectivity index (χ0) is 15.0. The number of benzene rings is 1. The number of nitrogens with zero attached hydrogens (tertiary/aromatic N) is 1. The van der Waals surface area contributed by atoms with E-state index in [-0.39, 0.29) is 12.6 Å². The summed E-state index contributed by atoms with van der Waals surface area (Å²) in [6.07, 6.45) is 1.19. The lowest BCUT2D eigenvalue weighted by Crippen LogP contribution is -2.45. The first-order chi connectivity index (χ1) is 9.53. The topological polar surface area (TPSA) is 85.2 Å². The van der Waals surface area contributed by atoms with Gasteiger partial charge in [0.05, 0.1) is 17.2 Å². The smallest absolute Gasteiger partial charge is 0.315 e. The molecule has 0 heterocycles. The largest absolute Gasteiger partial charge is 0.388 e. The van der Waals surface area contributed by atoms with Gasteiger partial charge in [0, 0.05) is 13.1 Å². The lowest BCUT2D eigenvalue weighted by atomic mass is 9.98. The minimum absolute atomic E-state index is 0.235. The van der Waals surface area contributed by atoms with Crippen LogP contribution in [0.4, 0.5) is 4.79 Å². The summed E-state index contributed by atoms with van der Waals surface area (Å²) in [5, 5.41) is 24.1. The van der Waals surface area contributed by atoms with E-state index in [1.807, 2.05) is 19.9 Å². The van der Waals surface area contributed by atoms with E-state index in [9.17, 15) is 9.90 Å². The van der Waals surface area contributed by atoms with Gasteiger partial charge in [-0.2, -0.15) is 5.26 Å². The second-order valence-corrected chi connectivity index (χ2v) is 4.78. The maximum Gasteiger partial charge on any atom is 0.315 e. The van der Waals surface area contributed by atoms with Gasteiger partial charge in [-0.15, -0.1) is 0 Å². The first-order valence-electron chi connectivity index (χ1n) is 6.76. The Hall–Kier alpha value is -2.06. The van der Waals surface area contributed by atoms with Crippen molar-refractivity contribution in [3.63, 3.8) is 0 Å².